The number of ether oxygens (including phenoxy) is 1. The Balaban J connectivity index is 1.40. The van der Waals surface area contributed by atoms with E-state index in [9.17, 15) is 13.9 Å². The van der Waals surface area contributed by atoms with Crippen LogP contribution in [0.1, 0.15) is 5.56 Å². The molecule has 0 aliphatic carbocycles. The highest BCUT2D eigenvalue weighted by molar-refractivity contribution is 8.22. The second-order valence-electron chi connectivity index (χ2n) is 7.13. The molecule has 0 aromatic heterocycles. The summed E-state index contributed by atoms with van der Waals surface area (Å²) in [4.78, 5) is 15.6. The van der Waals surface area contributed by atoms with Crippen LogP contribution in [-0.4, -0.2) is 58.0 Å². The second kappa shape index (κ2) is 11.2. The number of halogens is 2. The minimum Gasteiger partial charge on any atom is -0.374 e. The Morgan fingerprint density at radius 3 is 2.65 bits per heavy atom. The van der Waals surface area contributed by atoms with Crippen molar-refractivity contribution in [2.24, 2.45) is 5.14 Å². The van der Waals surface area contributed by atoms with E-state index in [0.29, 0.717) is 29.7 Å². The van der Waals surface area contributed by atoms with Crippen molar-refractivity contribution in [3.63, 3.8) is 0 Å². The van der Waals surface area contributed by atoms with E-state index < -0.39 is 10.8 Å². The van der Waals surface area contributed by atoms with Crippen molar-refractivity contribution in [2.45, 2.75) is 22.4 Å². The van der Waals surface area contributed by atoms with Gasteiger partial charge in [-0.15, -0.1) is 22.5 Å². The van der Waals surface area contributed by atoms with Gasteiger partial charge in [-0.05, 0) is 42.0 Å². The summed E-state index contributed by atoms with van der Waals surface area (Å²) in [5, 5.41) is 9.30. The zero-order valence-corrected chi connectivity index (χ0v) is 19.8. The SMILES string of the molecule is NS(O)(O)c1ccc(SCC(=O)NCC2CN(Cc3ccc(Cl)c(Cl)c3)CCO2)cc1. The summed E-state index contributed by atoms with van der Waals surface area (Å²) in [6.07, 6.45) is -0.0838. The van der Waals surface area contributed by atoms with E-state index in [1.54, 1.807) is 30.3 Å². The first-order valence-electron chi connectivity index (χ1n) is 9.54. The van der Waals surface area contributed by atoms with Gasteiger partial charge in [-0.25, -0.2) is 5.14 Å². The molecule has 1 aliphatic rings. The highest BCUT2D eigenvalue weighted by atomic mass is 35.5. The standard InChI is InChI=1S/C20H25Cl2N3O4S2/c21-18-6-1-14(9-19(18)22)11-25-7-8-29-15(12-25)10-24-20(26)13-30-16-2-4-17(5-3-16)31(23,27)28/h1-6,9,15,27-28H,7-8,10-13,23H2,(H,24,26). The van der Waals surface area contributed by atoms with Crippen molar-refractivity contribution in [1.82, 2.24) is 10.2 Å². The number of rotatable bonds is 8. The number of nitrogens with one attached hydrogen (secondary N) is 1. The van der Waals surface area contributed by atoms with Crippen molar-refractivity contribution < 1.29 is 18.6 Å². The van der Waals surface area contributed by atoms with Crippen LogP contribution in [0, 0.1) is 0 Å². The van der Waals surface area contributed by atoms with E-state index in [0.717, 1.165) is 23.5 Å². The van der Waals surface area contributed by atoms with E-state index in [1.165, 1.54) is 11.8 Å². The Morgan fingerprint density at radius 1 is 1.23 bits per heavy atom. The quantitative estimate of drug-likeness (QED) is 0.400. The lowest BCUT2D eigenvalue weighted by Gasteiger charge is -2.33. The van der Waals surface area contributed by atoms with Crippen LogP contribution in [-0.2, 0) is 16.1 Å². The molecule has 0 spiro atoms. The van der Waals surface area contributed by atoms with Gasteiger partial charge in [-0.3, -0.25) is 18.8 Å². The van der Waals surface area contributed by atoms with Gasteiger partial charge in [-0.1, -0.05) is 29.3 Å². The number of thioether (sulfide) groups is 1. The number of carbonyl (C=O) groups excluding carboxylic acids is 1. The smallest absolute Gasteiger partial charge is 0.230 e. The van der Waals surface area contributed by atoms with E-state index >= 15 is 0 Å². The molecule has 1 unspecified atom stereocenters. The Morgan fingerprint density at radius 2 is 1.97 bits per heavy atom. The van der Waals surface area contributed by atoms with Crippen LogP contribution in [0.4, 0.5) is 0 Å². The molecule has 1 atom stereocenters. The molecule has 5 N–H and O–H groups in total. The Labute approximate surface area is 197 Å². The third-order valence-corrected chi connectivity index (χ3v) is 7.40. The number of benzene rings is 2. The maximum absolute atomic E-state index is 12.2. The van der Waals surface area contributed by atoms with Gasteiger partial charge in [0.2, 0.25) is 5.91 Å². The number of amides is 1. The van der Waals surface area contributed by atoms with Crippen molar-refractivity contribution in [3.05, 3.63) is 58.1 Å². The number of hydrogen-bond acceptors (Lipinski definition) is 7. The lowest BCUT2D eigenvalue weighted by Crippen LogP contribution is -2.47. The fraction of sp³-hybridized carbons (Fsp3) is 0.350. The van der Waals surface area contributed by atoms with Gasteiger partial charge in [0.15, 0.2) is 0 Å². The summed E-state index contributed by atoms with van der Waals surface area (Å²) in [6, 6.07) is 12.1. The predicted octanol–water partition coefficient (Wildman–Crippen LogP) is 4.09. The summed E-state index contributed by atoms with van der Waals surface area (Å²) < 4.78 is 24.7. The Bertz CT molecular complexity index is 897. The first-order valence-corrected chi connectivity index (χ1v) is 12.9. The van der Waals surface area contributed by atoms with Crippen LogP contribution in [0.5, 0.6) is 0 Å². The first-order chi connectivity index (χ1) is 14.7. The fourth-order valence-corrected chi connectivity index (χ4v) is 4.69. The molecule has 1 heterocycles. The van der Waals surface area contributed by atoms with Crippen LogP contribution in [0.2, 0.25) is 10.0 Å². The van der Waals surface area contributed by atoms with Crippen LogP contribution in [0.3, 0.4) is 0 Å². The van der Waals surface area contributed by atoms with E-state index in [2.05, 4.69) is 10.2 Å². The summed E-state index contributed by atoms with van der Waals surface area (Å²) >= 11 is 13.4. The maximum Gasteiger partial charge on any atom is 0.230 e. The van der Waals surface area contributed by atoms with Gasteiger partial charge in [0.25, 0.3) is 0 Å². The average molecular weight is 506 g/mol. The fourth-order valence-electron chi connectivity index (χ4n) is 3.11. The first kappa shape index (κ1) is 24.6. The van der Waals surface area contributed by atoms with Crippen molar-refractivity contribution in [3.8, 4) is 0 Å². The molecule has 31 heavy (non-hydrogen) atoms. The molecule has 1 saturated heterocycles. The van der Waals surface area contributed by atoms with E-state index in [1.807, 2.05) is 12.1 Å². The lowest BCUT2D eigenvalue weighted by molar-refractivity contribution is -0.119. The highest BCUT2D eigenvalue weighted by Gasteiger charge is 2.21. The molecule has 1 aliphatic heterocycles. The van der Waals surface area contributed by atoms with Gasteiger partial charge < -0.3 is 10.1 Å². The van der Waals surface area contributed by atoms with Gasteiger partial charge in [0.05, 0.1) is 33.4 Å². The normalized spacial score (nSPS) is 18.0. The van der Waals surface area contributed by atoms with Gasteiger partial charge in [0.1, 0.15) is 0 Å². The van der Waals surface area contributed by atoms with Crippen LogP contribution >= 0.6 is 45.7 Å². The van der Waals surface area contributed by atoms with Crippen molar-refractivity contribution >= 4 is 51.6 Å². The third-order valence-electron chi connectivity index (χ3n) is 4.68. The molecular formula is C20H25Cl2N3O4S2. The van der Waals surface area contributed by atoms with Crippen LogP contribution < -0.4 is 10.5 Å². The van der Waals surface area contributed by atoms with E-state index in [4.69, 9.17) is 33.1 Å². The maximum atomic E-state index is 12.2. The Hall–Kier alpha value is -1.01. The molecule has 170 valence electrons. The molecule has 2 aromatic carbocycles. The van der Waals surface area contributed by atoms with Gasteiger partial charge in [0, 0.05) is 31.1 Å². The average Bonchev–Trinajstić information content (AvgIpc) is 2.73. The number of nitrogens with two attached hydrogens (primary N) is 1. The molecule has 3 rings (SSSR count). The lowest BCUT2D eigenvalue weighted by atomic mass is 10.2. The number of carbonyl (C=O) groups is 1. The zero-order chi connectivity index (χ0) is 22.4. The van der Waals surface area contributed by atoms with Gasteiger partial charge in [-0.2, -0.15) is 0 Å². The number of hydrogen-bond donors (Lipinski definition) is 4. The minimum atomic E-state index is -3.22. The summed E-state index contributed by atoms with van der Waals surface area (Å²) in [7, 11) is -3.22. The predicted molar refractivity (Wildman–Crippen MR) is 127 cm³/mol. The van der Waals surface area contributed by atoms with Crippen molar-refractivity contribution in [2.75, 3.05) is 32.0 Å². The largest absolute Gasteiger partial charge is 0.374 e. The highest BCUT2D eigenvalue weighted by Crippen LogP contribution is 2.40. The summed E-state index contributed by atoms with van der Waals surface area (Å²) in [6.45, 7) is 3.29. The molecule has 0 radical (unpaired) electrons. The second-order valence-corrected chi connectivity index (χ2v) is 10.7. The Kier molecular flexibility index (Phi) is 8.91. The molecule has 2 aromatic rings. The molecule has 7 nitrogen and oxygen atoms in total. The monoisotopic (exact) mass is 505 g/mol. The number of nitrogens with zero attached hydrogens (tertiary/aromatic N) is 1. The minimum absolute atomic E-state index is 0.0838. The van der Waals surface area contributed by atoms with Crippen LogP contribution in [0.15, 0.2) is 52.3 Å². The molecule has 11 heteroatoms. The number of morpholine rings is 1. The molecular weight excluding hydrogens is 481 g/mol. The van der Waals surface area contributed by atoms with Gasteiger partial charge >= 0.3 is 0 Å². The zero-order valence-electron chi connectivity index (χ0n) is 16.7. The molecule has 1 amide bonds. The molecule has 0 bridgehead atoms. The van der Waals surface area contributed by atoms with Crippen molar-refractivity contribution in [1.29, 1.82) is 0 Å². The molecule has 1 fully saturated rings. The van der Waals surface area contributed by atoms with E-state index in [-0.39, 0.29) is 22.7 Å². The topological polar surface area (TPSA) is 108 Å². The van der Waals surface area contributed by atoms with Crippen LogP contribution in [0.25, 0.3) is 0 Å². The summed E-state index contributed by atoms with van der Waals surface area (Å²) in [5.74, 6) is 0.153. The third kappa shape index (κ3) is 7.81. The summed E-state index contributed by atoms with van der Waals surface area (Å²) in [5.41, 5.74) is 1.08. The molecule has 0 saturated carbocycles.